The molecule has 0 spiro atoms. The van der Waals surface area contributed by atoms with Gasteiger partial charge in [0.15, 0.2) is 0 Å². The predicted molar refractivity (Wildman–Crippen MR) is 47.5 cm³/mol. The zero-order chi connectivity index (χ0) is 7.49. The third-order valence-corrected chi connectivity index (χ3v) is 3.45. The standard InChI is InChI=1S/C7H13ClSi/c1-7(5-6-8)9(2,3)4/h5-6H,1H2,2-4H3/b6-5+. The first kappa shape index (κ1) is 8.99. The molecule has 0 atom stereocenters. The Morgan fingerprint density at radius 1 is 1.44 bits per heavy atom. The minimum Gasteiger partial charge on any atom is -0.0998 e. The highest BCUT2D eigenvalue weighted by Gasteiger charge is 2.14. The first-order valence-electron chi connectivity index (χ1n) is 2.94. The van der Waals surface area contributed by atoms with E-state index in [-0.39, 0.29) is 0 Å². The van der Waals surface area contributed by atoms with Gasteiger partial charge in [0.05, 0.1) is 8.07 Å². The third-order valence-electron chi connectivity index (χ3n) is 1.23. The van der Waals surface area contributed by atoms with Gasteiger partial charge in [-0.15, -0.1) is 0 Å². The van der Waals surface area contributed by atoms with E-state index >= 15 is 0 Å². The van der Waals surface area contributed by atoms with Crippen LogP contribution in [0.25, 0.3) is 0 Å². The number of halogens is 1. The third kappa shape index (κ3) is 3.54. The molecule has 0 aliphatic heterocycles. The molecule has 0 bridgehead atoms. The highest BCUT2D eigenvalue weighted by molar-refractivity contribution is 6.83. The van der Waals surface area contributed by atoms with Gasteiger partial charge in [0.1, 0.15) is 0 Å². The van der Waals surface area contributed by atoms with Gasteiger partial charge in [0, 0.05) is 5.54 Å². The first-order valence-corrected chi connectivity index (χ1v) is 6.88. The van der Waals surface area contributed by atoms with Crippen LogP contribution in [0.15, 0.2) is 23.4 Å². The van der Waals surface area contributed by atoms with E-state index < -0.39 is 8.07 Å². The summed E-state index contributed by atoms with van der Waals surface area (Å²) in [6.07, 6.45) is 1.88. The summed E-state index contributed by atoms with van der Waals surface area (Å²) in [6, 6.07) is 0. The molecule has 0 unspecified atom stereocenters. The van der Waals surface area contributed by atoms with Crippen LogP contribution in [0.2, 0.25) is 19.6 Å². The zero-order valence-corrected chi connectivity index (χ0v) is 8.00. The Balaban J connectivity index is 4.06. The summed E-state index contributed by atoms with van der Waals surface area (Å²) in [5, 5.41) is 1.19. The second kappa shape index (κ2) is 3.23. The highest BCUT2D eigenvalue weighted by Crippen LogP contribution is 2.13. The summed E-state index contributed by atoms with van der Waals surface area (Å²) in [5.74, 6) is 0. The van der Waals surface area contributed by atoms with Crippen molar-refractivity contribution in [3.63, 3.8) is 0 Å². The number of hydrogen-bond donors (Lipinski definition) is 0. The van der Waals surface area contributed by atoms with E-state index in [0.29, 0.717) is 0 Å². The normalized spacial score (nSPS) is 12.4. The Kier molecular flexibility index (Phi) is 3.23. The summed E-state index contributed by atoms with van der Waals surface area (Å²) in [6.45, 7) is 10.6. The molecule has 0 saturated heterocycles. The summed E-state index contributed by atoms with van der Waals surface area (Å²) >= 11 is 5.38. The van der Waals surface area contributed by atoms with Gasteiger partial charge in [-0.3, -0.25) is 0 Å². The van der Waals surface area contributed by atoms with Gasteiger partial charge in [-0.25, -0.2) is 0 Å². The molecule has 0 radical (unpaired) electrons. The van der Waals surface area contributed by atoms with Crippen LogP contribution >= 0.6 is 11.6 Å². The summed E-state index contributed by atoms with van der Waals surface area (Å²) in [4.78, 5) is 0. The van der Waals surface area contributed by atoms with Crippen molar-refractivity contribution in [1.82, 2.24) is 0 Å². The van der Waals surface area contributed by atoms with Crippen molar-refractivity contribution >= 4 is 19.7 Å². The number of rotatable bonds is 2. The zero-order valence-electron chi connectivity index (χ0n) is 6.24. The van der Waals surface area contributed by atoms with Crippen LogP contribution in [-0.4, -0.2) is 8.07 Å². The van der Waals surface area contributed by atoms with Gasteiger partial charge in [-0.2, -0.15) is 0 Å². The monoisotopic (exact) mass is 160 g/mol. The maximum atomic E-state index is 5.38. The minimum atomic E-state index is -1.15. The lowest BCUT2D eigenvalue weighted by Gasteiger charge is -2.15. The lowest BCUT2D eigenvalue weighted by Crippen LogP contribution is -2.21. The number of hydrogen-bond acceptors (Lipinski definition) is 0. The van der Waals surface area contributed by atoms with Gasteiger partial charge < -0.3 is 0 Å². The molecule has 0 aromatic rings. The van der Waals surface area contributed by atoms with Crippen molar-refractivity contribution in [2.75, 3.05) is 0 Å². The summed E-state index contributed by atoms with van der Waals surface area (Å²) < 4.78 is 0. The molecule has 0 aromatic carbocycles. The molecule has 0 aromatic heterocycles. The van der Waals surface area contributed by atoms with Crippen LogP contribution in [0.5, 0.6) is 0 Å². The Morgan fingerprint density at radius 3 is 2.00 bits per heavy atom. The Morgan fingerprint density at radius 2 is 1.89 bits per heavy atom. The van der Waals surface area contributed by atoms with E-state index in [1.54, 1.807) is 0 Å². The van der Waals surface area contributed by atoms with E-state index in [0.717, 1.165) is 0 Å². The van der Waals surface area contributed by atoms with Crippen molar-refractivity contribution in [3.05, 3.63) is 23.4 Å². The fourth-order valence-corrected chi connectivity index (χ4v) is 1.17. The fourth-order valence-electron chi connectivity index (χ4n) is 0.326. The Bertz CT molecular complexity index is 130. The van der Waals surface area contributed by atoms with Crippen LogP contribution < -0.4 is 0 Å². The largest absolute Gasteiger partial charge is 0.0998 e. The molecule has 0 saturated carbocycles. The van der Waals surface area contributed by atoms with Crippen molar-refractivity contribution in [2.24, 2.45) is 0 Å². The SMILES string of the molecule is C=C(/C=C/Cl)[Si](C)(C)C. The molecule has 0 nitrogen and oxygen atoms in total. The average Bonchev–Trinajstić information content (AvgIpc) is 1.64. The quantitative estimate of drug-likeness (QED) is 0.430. The van der Waals surface area contributed by atoms with E-state index in [9.17, 15) is 0 Å². The predicted octanol–water partition coefficient (Wildman–Crippen LogP) is 3.17. The first-order chi connectivity index (χ1) is 3.98. The summed E-state index contributed by atoms with van der Waals surface area (Å²) in [5.41, 5.74) is 1.53. The van der Waals surface area contributed by atoms with Gasteiger partial charge in [-0.05, 0) is 0 Å². The molecule has 0 aliphatic carbocycles. The lowest BCUT2D eigenvalue weighted by molar-refractivity contribution is 1.68. The molecule has 9 heavy (non-hydrogen) atoms. The molecule has 0 rings (SSSR count). The van der Waals surface area contributed by atoms with Gasteiger partial charge in [0.2, 0.25) is 0 Å². The van der Waals surface area contributed by atoms with Crippen LogP contribution in [0, 0.1) is 0 Å². The van der Waals surface area contributed by atoms with Crippen LogP contribution in [0.4, 0.5) is 0 Å². The van der Waals surface area contributed by atoms with E-state index in [2.05, 4.69) is 26.2 Å². The second-order valence-electron chi connectivity index (χ2n) is 3.07. The van der Waals surface area contributed by atoms with Crippen molar-refractivity contribution < 1.29 is 0 Å². The Hall–Kier alpha value is -0.0131. The van der Waals surface area contributed by atoms with E-state index in [1.807, 2.05) is 6.08 Å². The Labute approximate surface area is 63.2 Å². The lowest BCUT2D eigenvalue weighted by atomic mass is 10.6. The fraction of sp³-hybridized carbons (Fsp3) is 0.429. The van der Waals surface area contributed by atoms with Crippen molar-refractivity contribution in [2.45, 2.75) is 19.6 Å². The molecule has 2 heteroatoms. The molecule has 0 N–H and O–H groups in total. The van der Waals surface area contributed by atoms with Crippen molar-refractivity contribution in [1.29, 1.82) is 0 Å². The summed E-state index contributed by atoms with van der Waals surface area (Å²) in [7, 11) is -1.15. The molecule has 0 amide bonds. The van der Waals surface area contributed by atoms with Crippen LogP contribution in [-0.2, 0) is 0 Å². The smallest absolute Gasteiger partial charge is 0.0768 e. The van der Waals surface area contributed by atoms with Crippen LogP contribution in [0.3, 0.4) is 0 Å². The van der Waals surface area contributed by atoms with Crippen molar-refractivity contribution in [3.8, 4) is 0 Å². The van der Waals surface area contributed by atoms with Gasteiger partial charge in [0.25, 0.3) is 0 Å². The molecular weight excluding hydrogens is 148 g/mol. The molecule has 0 aliphatic rings. The van der Waals surface area contributed by atoms with Gasteiger partial charge in [-0.1, -0.05) is 49.1 Å². The molecule has 52 valence electrons. The molecular formula is C7H13ClSi. The van der Waals surface area contributed by atoms with E-state index in [4.69, 9.17) is 11.6 Å². The number of allylic oxidation sites excluding steroid dienone is 2. The maximum absolute atomic E-state index is 5.38. The highest BCUT2D eigenvalue weighted by atomic mass is 35.5. The maximum Gasteiger partial charge on any atom is 0.0768 e. The minimum absolute atomic E-state index is 1.15. The van der Waals surface area contributed by atoms with Gasteiger partial charge >= 0.3 is 0 Å². The average molecular weight is 161 g/mol. The van der Waals surface area contributed by atoms with Crippen LogP contribution in [0.1, 0.15) is 0 Å². The molecule has 0 heterocycles. The topological polar surface area (TPSA) is 0 Å². The second-order valence-corrected chi connectivity index (χ2v) is 8.46. The molecule has 0 fully saturated rings. The van der Waals surface area contributed by atoms with E-state index in [1.165, 1.54) is 10.7 Å².